The molecule has 1 aromatic rings. The standard InChI is InChI=1S/C14H17BrO2/c1-10(2)9-17-14-5-4-12(8-13(14)15)11(3)6-7-16/h4-5,7-8,11H,1,6,9H2,2-3H3. The highest BCUT2D eigenvalue weighted by Gasteiger charge is 2.08. The van der Waals surface area contributed by atoms with Gasteiger partial charge in [0.2, 0.25) is 0 Å². The lowest BCUT2D eigenvalue weighted by atomic mass is 9.98. The molecule has 0 aliphatic carbocycles. The second-order valence-electron chi connectivity index (χ2n) is 4.24. The van der Waals surface area contributed by atoms with Crippen molar-refractivity contribution in [2.24, 2.45) is 0 Å². The van der Waals surface area contributed by atoms with Crippen LogP contribution in [-0.2, 0) is 4.79 Å². The molecule has 0 bridgehead atoms. The quantitative estimate of drug-likeness (QED) is 0.584. The zero-order valence-electron chi connectivity index (χ0n) is 10.2. The Labute approximate surface area is 111 Å². The molecule has 0 aliphatic rings. The lowest BCUT2D eigenvalue weighted by molar-refractivity contribution is -0.108. The van der Waals surface area contributed by atoms with Crippen LogP contribution in [0.1, 0.15) is 31.7 Å². The zero-order valence-corrected chi connectivity index (χ0v) is 11.8. The number of aldehydes is 1. The van der Waals surface area contributed by atoms with E-state index >= 15 is 0 Å². The number of halogens is 1. The van der Waals surface area contributed by atoms with Gasteiger partial charge in [-0.25, -0.2) is 0 Å². The van der Waals surface area contributed by atoms with Crippen LogP contribution in [0.4, 0.5) is 0 Å². The third kappa shape index (κ3) is 4.35. The van der Waals surface area contributed by atoms with Crippen LogP contribution in [-0.4, -0.2) is 12.9 Å². The van der Waals surface area contributed by atoms with Gasteiger partial charge in [0, 0.05) is 6.42 Å². The topological polar surface area (TPSA) is 26.3 Å². The van der Waals surface area contributed by atoms with Gasteiger partial charge in [0.15, 0.2) is 0 Å². The number of hydrogen-bond donors (Lipinski definition) is 0. The maximum absolute atomic E-state index is 10.5. The van der Waals surface area contributed by atoms with Crippen LogP contribution < -0.4 is 4.74 Å². The van der Waals surface area contributed by atoms with E-state index in [0.717, 1.165) is 27.6 Å². The Bertz CT molecular complexity index is 413. The van der Waals surface area contributed by atoms with Crippen molar-refractivity contribution in [1.82, 2.24) is 0 Å². The first-order valence-electron chi connectivity index (χ1n) is 5.55. The highest BCUT2D eigenvalue weighted by Crippen LogP contribution is 2.30. The minimum atomic E-state index is 0.235. The van der Waals surface area contributed by atoms with Crippen LogP contribution in [0, 0.1) is 0 Å². The Kier molecular flexibility index (Phi) is 5.42. The fourth-order valence-electron chi connectivity index (χ4n) is 1.42. The number of hydrogen-bond acceptors (Lipinski definition) is 2. The van der Waals surface area contributed by atoms with Gasteiger partial charge in [0.05, 0.1) is 4.47 Å². The first-order valence-corrected chi connectivity index (χ1v) is 6.34. The number of carbonyl (C=O) groups excluding carboxylic acids is 1. The van der Waals surface area contributed by atoms with Crippen LogP contribution in [0.5, 0.6) is 5.75 Å². The summed E-state index contributed by atoms with van der Waals surface area (Å²) in [5, 5.41) is 0. The third-order valence-corrected chi connectivity index (χ3v) is 3.07. The van der Waals surface area contributed by atoms with Crippen LogP contribution in [0.2, 0.25) is 0 Å². The second-order valence-corrected chi connectivity index (χ2v) is 5.09. The van der Waals surface area contributed by atoms with E-state index < -0.39 is 0 Å². The number of rotatable bonds is 6. The highest BCUT2D eigenvalue weighted by atomic mass is 79.9. The third-order valence-electron chi connectivity index (χ3n) is 2.45. The average molecular weight is 297 g/mol. The van der Waals surface area contributed by atoms with E-state index in [0.29, 0.717) is 13.0 Å². The van der Waals surface area contributed by atoms with E-state index in [-0.39, 0.29) is 5.92 Å². The summed E-state index contributed by atoms with van der Waals surface area (Å²) < 4.78 is 6.49. The molecule has 0 saturated carbocycles. The molecule has 0 heterocycles. The van der Waals surface area contributed by atoms with Crippen LogP contribution >= 0.6 is 15.9 Å². The predicted octanol–water partition coefficient (Wildman–Crippen LogP) is 4.10. The summed E-state index contributed by atoms with van der Waals surface area (Å²) in [6, 6.07) is 5.91. The molecule has 0 radical (unpaired) electrons. The van der Waals surface area contributed by atoms with Gasteiger partial charge in [-0.05, 0) is 52.0 Å². The van der Waals surface area contributed by atoms with Gasteiger partial charge in [0.1, 0.15) is 18.6 Å². The van der Waals surface area contributed by atoms with E-state index in [1.165, 1.54) is 0 Å². The van der Waals surface area contributed by atoms with Gasteiger partial charge in [-0.2, -0.15) is 0 Å². The fourth-order valence-corrected chi connectivity index (χ4v) is 1.93. The zero-order chi connectivity index (χ0) is 12.8. The molecule has 0 fully saturated rings. The molecule has 17 heavy (non-hydrogen) atoms. The van der Waals surface area contributed by atoms with Crippen molar-refractivity contribution in [3.8, 4) is 5.75 Å². The lowest BCUT2D eigenvalue weighted by Crippen LogP contribution is -2.00. The van der Waals surface area contributed by atoms with Crippen molar-refractivity contribution in [2.75, 3.05) is 6.61 Å². The Morgan fingerprint density at radius 3 is 2.82 bits per heavy atom. The van der Waals surface area contributed by atoms with E-state index in [1.54, 1.807) is 0 Å². The Morgan fingerprint density at radius 1 is 1.59 bits per heavy atom. The largest absolute Gasteiger partial charge is 0.488 e. The summed E-state index contributed by atoms with van der Waals surface area (Å²) in [4.78, 5) is 10.5. The van der Waals surface area contributed by atoms with E-state index in [9.17, 15) is 4.79 Å². The minimum absolute atomic E-state index is 0.235. The number of ether oxygens (including phenoxy) is 1. The summed E-state index contributed by atoms with van der Waals surface area (Å²) in [7, 11) is 0. The molecule has 1 aromatic carbocycles. The SMILES string of the molecule is C=C(C)COc1ccc(C(C)CC=O)cc1Br. The molecule has 92 valence electrons. The van der Waals surface area contributed by atoms with Gasteiger partial charge in [0.25, 0.3) is 0 Å². The molecule has 1 atom stereocenters. The Morgan fingerprint density at radius 2 is 2.29 bits per heavy atom. The van der Waals surface area contributed by atoms with E-state index in [4.69, 9.17) is 4.74 Å². The average Bonchev–Trinajstić information content (AvgIpc) is 2.27. The van der Waals surface area contributed by atoms with Gasteiger partial charge in [-0.1, -0.05) is 19.6 Å². The van der Waals surface area contributed by atoms with Crippen LogP contribution in [0.25, 0.3) is 0 Å². The fraction of sp³-hybridized carbons (Fsp3) is 0.357. The first kappa shape index (κ1) is 14.0. The van der Waals surface area contributed by atoms with E-state index in [2.05, 4.69) is 22.5 Å². The minimum Gasteiger partial charge on any atom is -0.488 e. The Balaban J connectivity index is 2.78. The maximum atomic E-state index is 10.5. The van der Waals surface area contributed by atoms with Gasteiger partial charge < -0.3 is 9.53 Å². The summed E-state index contributed by atoms with van der Waals surface area (Å²) in [5.41, 5.74) is 2.11. The molecule has 0 aromatic heterocycles. The molecule has 0 amide bonds. The number of carbonyl (C=O) groups is 1. The monoisotopic (exact) mass is 296 g/mol. The smallest absolute Gasteiger partial charge is 0.133 e. The molecule has 1 rings (SSSR count). The lowest BCUT2D eigenvalue weighted by Gasteiger charge is -2.12. The normalized spacial score (nSPS) is 11.9. The maximum Gasteiger partial charge on any atom is 0.133 e. The van der Waals surface area contributed by atoms with Crippen molar-refractivity contribution >= 4 is 22.2 Å². The molecule has 0 aliphatic heterocycles. The molecule has 0 spiro atoms. The summed E-state index contributed by atoms with van der Waals surface area (Å²) >= 11 is 3.47. The van der Waals surface area contributed by atoms with Crippen LogP contribution in [0.15, 0.2) is 34.8 Å². The summed E-state index contributed by atoms with van der Waals surface area (Å²) in [5.74, 6) is 1.04. The Hall–Kier alpha value is -1.09. The molecule has 3 heteroatoms. The van der Waals surface area contributed by atoms with Crippen molar-refractivity contribution in [3.63, 3.8) is 0 Å². The molecule has 2 nitrogen and oxygen atoms in total. The summed E-state index contributed by atoms with van der Waals surface area (Å²) in [6.07, 6.45) is 1.49. The molecular weight excluding hydrogens is 280 g/mol. The number of benzene rings is 1. The van der Waals surface area contributed by atoms with Crippen molar-refractivity contribution in [1.29, 1.82) is 0 Å². The first-order chi connectivity index (χ1) is 8.04. The molecule has 0 N–H and O–H groups in total. The van der Waals surface area contributed by atoms with Crippen molar-refractivity contribution in [2.45, 2.75) is 26.2 Å². The summed E-state index contributed by atoms with van der Waals surface area (Å²) in [6.45, 7) is 8.26. The van der Waals surface area contributed by atoms with E-state index in [1.807, 2.05) is 32.0 Å². The van der Waals surface area contributed by atoms with Crippen molar-refractivity contribution < 1.29 is 9.53 Å². The van der Waals surface area contributed by atoms with Gasteiger partial charge in [-0.3, -0.25) is 0 Å². The van der Waals surface area contributed by atoms with Gasteiger partial charge in [-0.15, -0.1) is 0 Å². The molecular formula is C14H17BrO2. The van der Waals surface area contributed by atoms with Crippen molar-refractivity contribution in [3.05, 3.63) is 40.4 Å². The predicted molar refractivity (Wildman–Crippen MR) is 73.5 cm³/mol. The second kappa shape index (κ2) is 6.60. The molecule has 1 unspecified atom stereocenters. The highest BCUT2D eigenvalue weighted by molar-refractivity contribution is 9.10. The molecule has 0 saturated heterocycles. The van der Waals surface area contributed by atoms with Gasteiger partial charge >= 0.3 is 0 Å². The van der Waals surface area contributed by atoms with Crippen LogP contribution in [0.3, 0.4) is 0 Å².